The SMILES string of the molecule is CCC1CCCCC1Nc1cn[nH]c1[N+](=O)[O-]. The normalized spacial score (nSPS) is 24.5. The summed E-state index contributed by atoms with van der Waals surface area (Å²) in [7, 11) is 0. The van der Waals surface area contributed by atoms with Gasteiger partial charge >= 0.3 is 5.82 Å². The van der Waals surface area contributed by atoms with Gasteiger partial charge in [-0.25, -0.2) is 0 Å². The van der Waals surface area contributed by atoms with Crippen LogP contribution in [0.25, 0.3) is 0 Å². The fourth-order valence-electron chi connectivity index (χ4n) is 2.61. The van der Waals surface area contributed by atoms with Gasteiger partial charge in [0.05, 0.1) is 0 Å². The third kappa shape index (κ3) is 2.57. The maximum atomic E-state index is 10.8. The molecular weight excluding hydrogens is 220 g/mol. The molecule has 0 bridgehead atoms. The minimum Gasteiger partial charge on any atom is -0.374 e. The van der Waals surface area contributed by atoms with Crippen molar-refractivity contribution in [3.05, 3.63) is 16.3 Å². The zero-order valence-electron chi connectivity index (χ0n) is 9.98. The van der Waals surface area contributed by atoms with Crippen molar-refractivity contribution < 1.29 is 4.92 Å². The van der Waals surface area contributed by atoms with Crippen molar-refractivity contribution in [3.63, 3.8) is 0 Å². The Morgan fingerprint density at radius 2 is 2.35 bits per heavy atom. The van der Waals surface area contributed by atoms with E-state index < -0.39 is 4.92 Å². The highest BCUT2D eigenvalue weighted by atomic mass is 16.6. The highest BCUT2D eigenvalue weighted by Crippen LogP contribution is 2.31. The second-order valence-electron chi connectivity index (χ2n) is 4.59. The molecule has 1 heterocycles. The third-order valence-electron chi connectivity index (χ3n) is 3.58. The van der Waals surface area contributed by atoms with Crippen molar-refractivity contribution in [1.82, 2.24) is 10.2 Å². The molecular formula is C11H18N4O2. The van der Waals surface area contributed by atoms with Gasteiger partial charge in [0.2, 0.25) is 0 Å². The van der Waals surface area contributed by atoms with E-state index in [0.29, 0.717) is 17.6 Å². The molecule has 2 unspecified atom stereocenters. The Bertz CT molecular complexity index is 391. The lowest BCUT2D eigenvalue weighted by molar-refractivity contribution is -0.388. The molecule has 0 amide bonds. The summed E-state index contributed by atoms with van der Waals surface area (Å²) in [5.74, 6) is 0.573. The predicted molar refractivity (Wildman–Crippen MR) is 64.9 cm³/mol. The fourth-order valence-corrected chi connectivity index (χ4v) is 2.61. The molecule has 94 valence electrons. The summed E-state index contributed by atoms with van der Waals surface area (Å²) in [4.78, 5) is 10.3. The number of nitrogens with zero attached hydrogens (tertiary/aromatic N) is 2. The Kier molecular flexibility index (Phi) is 3.61. The molecule has 0 saturated heterocycles. The van der Waals surface area contributed by atoms with Crippen LogP contribution in [0.2, 0.25) is 0 Å². The van der Waals surface area contributed by atoms with Gasteiger partial charge in [0.1, 0.15) is 6.20 Å². The van der Waals surface area contributed by atoms with Crippen LogP contribution < -0.4 is 5.32 Å². The van der Waals surface area contributed by atoms with E-state index in [1.807, 2.05) is 0 Å². The molecule has 1 aromatic rings. The zero-order chi connectivity index (χ0) is 12.3. The summed E-state index contributed by atoms with van der Waals surface area (Å²) < 4.78 is 0. The molecule has 1 aliphatic carbocycles. The number of aromatic nitrogens is 2. The van der Waals surface area contributed by atoms with Gasteiger partial charge in [-0.15, -0.1) is 5.10 Å². The highest BCUT2D eigenvalue weighted by Gasteiger charge is 2.26. The molecule has 1 aromatic heterocycles. The molecule has 2 N–H and O–H groups in total. The Labute approximate surface area is 99.9 Å². The molecule has 0 aliphatic heterocycles. The van der Waals surface area contributed by atoms with Gasteiger partial charge in [-0.2, -0.15) is 0 Å². The average molecular weight is 238 g/mol. The van der Waals surface area contributed by atoms with Crippen LogP contribution in [0.3, 0.4) is 0 Å². The first-order chi connectivity index (χ1) is 8.22. The van der Waals surface area contributed by atoms with Gasteiger partial charge in [0.15, 0.2) is 5.69 Å². The van der Waals surface area contributed by atoms with E-state index >= 15 is 0 Å². The van der Waals surface area contributed by atoms with Crippen LogP contribution >= 0.6 is 0 Å². The molecule has 6 nitrogen and oxygen atoms in total. The number of hydrogen-bond donors (Lipinski definition) is 2. The Morgan fingerprint density at radius 3 is 3.06 bits per heavy atom. The predicted octanol–water partition coefficient (Wildman–Crippen LogP) is 2.70. The quantitative estimate of drug-likeness (QED) is 0.624. The first-order valence-electron chi connectivity index (χ1n) is 6.16. The summed E-state index contributed by atoms with van der Waals surface area (Å²) in [5.41, 5.74) is 0.514. The standard InChI is InChI=1S/C11H18N4O2/c1-2-8-5-3-4-6-9(8)13-10-7-12-14-11(10)15(16)17/h7-9,13H,2-6H2,1H3,(H,12,14). The first kappa shape index (κ1) is 11.9. The maximum absolute atomic E-state index is 10.8. The van der Waals surface area contributed by atoms with E-state index in [1.165, 1.54) is 25.5 Å². The van der Waals surface area contributed by atoms with Crippen LogP contribution in [0, 0.1) is 16.0 Å². The van der Waals surface area contributed by atoms with E-state index in [4.69, 9.17) is 0 Å². The number of anilines is 1. The van der Waals surface area contributed by atoms with Crippen molar-refractivity contribution in [2.24, 2.45) is 5.92 Å². The van der Waals surface area contributed by atoms with Gasteiger partial charge in [0, 0.05) is 6.04 Å². The average Bonchev–Trinajstić information content (AvgIpc) is 2.78. The molecule has 2 atom stereocenters. The number of H-pyrrole nitrogens is 1. The van der Waals surface area contributed by atoms with E-state index in [9.17, 15) is 10.1 Å². The lowest BCUT2D eigenvalue weighted by Crippen LogP contribution is -2.31. The van der Waals surface area contributed by atoms with Crippen LogP contribution in [0.15, 0.2) is 6.20 Å². The van der Waals surface area contributed by atoms with Crippen molar-refractivity contribution >= 4 is 11.5 Å². The van der Waals surface area contributed by atoms with Crippen LogP contribution in [-0.2, 0) is 0 Å². The van der Waals surface area contributed by atoms with Gasteiger partial charge in [-0.1, -0.05) is 31.3 Å². The van der Waals surface area contributed by atoms with Crippen LogP contribution in [-0.4, -0.2) is 21.2 Å². The van der Waals surface area contributed by atoms with Gasteiger partial charge in [-0.3, -0.25) is 0 Å². The molecule has 17 heavy (non-hydrogen) atoms. The van der Waals surface area contributed by atoms with Gasteiger partial charge in [-0.05, 0) is 23.7 Å². The smallest absolute Gasteiger partial charge is 0.366 e. The maximum Gasteiger partial charge on any atom is 0.366 e. The number of nitro groups is 1. The fraction of sp³-hybridized carbons (Fsp3) is 0.727. The summed E-state index contributed by atoms with van der Waals surface area (Å²) >= 11 is 0. The highest BCUT2D eigenvalue weighted by molar-refractivity contribution is 5.56. The van der Waals surface area contributed by atoms with Crippen molar-refractivity contribution in [3.8, 4) is 0 Å². The molecule has 1 aliphatic rings. The van der Waals surface area contributed by atoms with E-state index in [-0.39, 0.29) is 5.82 Å². The number of hydrogen-bond acceptors (Lipinski definition) is 4. The largest absolute Gasteiger partial charge is 0.374 e. The van der Waals surface area contributed by atoms with E-state index in [1.54, 1.807) is 0 Å². The molecule has 0 spiro atoms. The van der Waals surface area contributed by atoms with Gasteiger partial charge < -0.3 is 15.4 Å². The molecule has 1 saturated carbocycles. The third-order valence-corrected chi connectivity index (χ3v) is 3.58. The zero-order valence-corrected chi connectivity index (χ0v) is 9.98. The van der Waals surface area contributed by atoms with Crippen molar-refractivity contribution in [2.45, 2.75) is 45.1 Å². The molecule has 6 heteroatoms. The molecule has 0 radical (unpaired) electrons. The number of aromatic amines is 1. The monoisotopic (exact) mass is 238 g/mol. The Balaban J connectivity index is 2.08. The van der Waals surface area contributed by atoms with Gasteiger partial charge in [0.25, 0.3) is 0 Å². The second kappa shape index (κ2) is 5.16. The Morgan fingerprint density at radius 1 is 1.59 bits per heavy atom. The lowest BCUT2D eigenvalue weighted by atomic mass is 9.83. The molecule has 0 aromatic carbocycles. The summed E-state index contributed by atoms with van der Waals surface area (Å²) in [6.45, 7) is 2.18. The number of nitrogens with one attached hydrogen (secondary N) is 2. The minimum absolute atomic E-state index is 0.0366. The van der Waals surface area contributed by atoms with E-state index in [0.717, 1.165) is 12.8 Å². The summed E-state index contributed by atoms with van der Waals surface area (Å²) in [6.07, 6.45) is 7.37. The van der Waals surface area contributed by atoms with E-state index in [2.05, 4.69) is 22.4 Å². The van der Waals surface area contributed by atoms with Crippen LogP contribution in [0.5, 0.6) is 0 Å². The summed E-state index contributed by atoms with van der Waals surface area (Å²) in [5, 5.41) is 20.2. The Hall–Kier alpha value is -1.59. The molecule has 1 fully saturated rings. The minimum atomic E-state index is -0.431. The number of rotatable bonds is 4. The van der Waals surface area contributed by atoms with Crippen LogP contribution in [0.4, 0.5) is 11.5 Å². The topological polar surface area (TPSA) is 83.8 Å². The summed E-state index contributed by atoms with van der Waals surface area (Å²) in [6, 6.07) is 0.338. The van der Waals surface area contributed by atoms with Crippen molar-refractivity contribution in [2.75, 3.05) is 5.32 Å². The lowest BCUT2D eigenvalue weighted by Gasteiger charge is -2.31. The van der Waals surface area contributed by atoms with Crippen molar-refractivity contribution in [1.29, 1.82) is 0 Å². The second-order valence-corrected chi connectivity index (χ2v) is 4.59. The van der Waals surface area contributed by atoms with Crippen LogP contribution in [0.1, 0.15) is 39.0 Å². The molecule has 2 rings (SSSR count). The first-order valence-corrected chi connectivity index (χ1v) is 6.16.